The molecular formula is C24H48O4. The highest BCUT2D eigenvalue weighted by atomic mass is 16.4. The van der Waals surface area contributed by atoms with Crippen LogP contribution in [0.4, 0.5) is 0 Å². The van der Waals surface area contributed by atoms with Gasteiger partial charge in [0, 0.05) is 6.42 Å². The molecule has 0 aromatic carbocycles. The van der Waals surface area contributed by atoms with Crippen molar-refractivity contribution in [3.05, 3.63) is 0 Å². The highest BCUT2D eigenvalue weighted by Crippen LogP contribution is 2.16. The molecule has 2 unspecified atom stereocenters. The van der Waals surface area contributed by atoms with Crippen LogP contribution in [0.1, 0.15) is 135 Å². The van der Waals surface area contributed by atoms with E-state index in [0.29, 0.717) is 6.42 Å². The number of aliphatic hydroxyl groups excluding tert-OH is 2. The number of aliphatic hydroxyl groups is 2. The molecule has 0 saturated carbocycles. The number of carboxylic acids is 1. The SMILES string of the molecule is CCCCCCCC(O)CCC(O)CCCCCCCCCCCCC(=O)O. The molecular weight excluding hydrogens is 352 g/mol. The summed E-state index contributed by atoms with van der Waals surface area (Å²) < 4.78 is 0. The minimum atomic E-state index is -0.681. The van der Waals surface area contributed by atoms with Crippen LogP contribution in [0.5, 0.6) is 0 Å². The third kappa shape index (κ3) is 21.7. The van der Waals surface area contributed by atoms with Crippen LogP contribution in [0.15, 0.2) is 0 Å². The van der Waals surface area contributed by atoms with E-state index in [1.165, 1.54) is 64.2 Å². The molecule has 0 aromatic heterocycles. The molecule has 2 atom stereocenters. The van der Waals surface area contributed by atoms with E-state index in [9.17, 15) is 15.0 Å². The van der Waals surface area contributed by atoms with Gasteiger partial charge in [0.05, 0.1) is 12.2 Å². The molecule has 0 bridgehead atoms. The van der Waals surface area contributed by atoms with E-state index in [2.05, 4.69) is 6.92 Å². The summed E-state index contributed by atoms with van der Waals surface area (Å²) in [5.41, 5.74) is 0. The third-order valence-electron chi connectivity index (χ3n) is 5.65. The summed E-state index contributed by atoms with van der Waals surface area (Å²) in [5.74, 6) is -0.681. The first-order valence-corrected chi connectivity index (χ1v) is 12.1. The van der Waals surface area contributed by atoms with Crippen molar-refractivity contribution in [2.75, 3.05) is 0 Å². The molecule has 0 fully saturated rings. The molecule has 0 spiro atoms. The van der Waals surface area contributed by atoms with Crippen molar-refractivity contribution in [1.82, 2.24) is 0 Å². The van der Waals surface area contributed by atoms with Gasteiger partial charge in [0.25, 0.3) is 0 Å². The Balaban J connectivity index is 3.28. The van der Waals surface area contributed by atoms with Gasteiger partial charge in [0.1, 0.15) is 0 Å². The molecule has 0 amide bonds. The fraction of sp³-hybridized carbons (Fsp3) is 0.958. The summed E-state index contributed by atoms with van der Waals surface area (Å²) in [6.07, 6.45) is 20.7. The molecule has 4 heteroatoms. The van der Waals surface area contributed by atoms with Gasteiger partial charge in [-0.2, -0.15) is 0 Å². The first-order chi connectivity index (χ1) is 13.6. The van der Waals surface area contributed by atoms with E-state index >= 15 is 0 Å². The average Bonchev–Trinajstić information content (AvgIpc) is 2.66. The maximum Gasteiger partial charge on any atom is 0.303 e. The van der Waals surface area contributed by atoms with E-state index in [4.69, 9.17) is 5.11 Å². The lowest BCUT2D eigenvalue weighted by Gasteiger charge is -2.14. The Morgan fingerprint density at radius 1 is 0.571 bits per heavy atom. The van der Waals surface area contributed by atoms with Crippen LogP contribution in [0.2, 0.25) is 0 Å². The van der Waals surface area contributed by atoms with Crippen molar-refractivity contribution in [1.29, 1.82) is 0 Å². The molecule has 0 aliphatic rings. The zero-order valence-electron chi connectivity index (χ0n) is 18.5. The van der Waals surface area contributed by atoms with Crippen molar-refractivity contribution >= 4 is 5.97 Å². The predicted molar refractivity (Wildman–Crippen MR) is 118 cm³/mol. The van der Waals surface area contributed by atoms with Gasteiger partial charge in [0.15, 0.2) is 0 Å². The zero-order valence-corrected chi connectivity index (χ0v) is 18.5. The number of aliphatic carboxylic acids is 1. The molecule has 3 N–H and O–H groups in total. The van der Waals surface area contributed by atoms with E-state index < -0.39 is 5.97 Å². The second-order valence-corrected chi connectivity index (χ2v) is 8.56. The summed E-state index contributed by atoms with van der Waals surface area (Å²) in [4.78, 5) is 10.4. The normalized spacial score (nSPS) is 13.5. The van der Waals surface area contributed by atoms with Crippen LogP contribution in [-0.4, -0.2) is 33.5 Å². The van der Waals surface area contributed by atoms with Crippen molar-refractivity contribution in [3.8, 4) is 0 Å². The molecule has 0 aliphatic heterocycles. The monoisotopic (exact) mass is 400 g/mol. The largest absolute Gasteiger partial charge is 0.481 e. The van der Waals surface area contributed by atoms with Gasteiger partial charge in [-0.1, -0.05) is 96.8 Å². The number of rotatable bonds is 22. The van der Waals surface area contributed by atoms with E-state index in [0.717, 1.165) is 57.8 Å². The van der Waals surface area contributed by atoms with Gasteiger partial charge >= 0.3 is 5.97 Å². The van der Waals surface area contributed by atoms with Gasteiger partial charge in [-0.3, -0.25) is 4.79 Å². The van der Waals surface area contributed by atoms with Gasteiger partial charge in [0.2, 0.25) is 0 Å². The van der Waals surface area contributed by atoms with Gasteiger partial charge < -0.3 is 15.3 Å². The molecule has 0 radical (unpaired) electrons. The van der Waals surface area contributed by atoms with Gasteiger partial charge in [-0.15, -0.1) is 0 Å². The van der Waals surface area contributed by atoms with Crippen LogP contribution in [0, 0.1) is 0 Å². The van der Waals surface area contributed by atoms with Crippen molar-refractivity contribution in [2.45, 2.75) is 148 Å². The van der Waals surface area contributed by atoms with E-state index in [-0.39, 0.29) is 12.2 Å². The summed E-state index contributed by atoms with van der Waals surface area (Å²) in [5, 5.41) is 28.6. The van der Waals surface area contributed by atoms with Gasteiger partial charge in [-0.05, 0) is 32.1 Å². The van der Waals surface area contributed by atoms with Crippen LogP contribution >= 0.6 is 0 Å². The van der Waals surface area contributed by atoms with Crippen molar-refractivity contribution in [3.63, 3.8) is 0 Å². The van der Waals surface area contributed by atoms with E-state index in [1.807, 2.05) is 0 Å². The molecule has 0 rings (SSSR count). The summed E-state index contributed by atoms with van der Waals surface area (Å²) in [6, 6.07) is 0. The molecule has 0 saturated heterocycles. The topological polar surface area (TPSA) is 77.8 Å². The maximum atomic E-state index is 10.4. The van der Waals surface area contributed by atoms with Crippen LogP contribution < -0.4 is 0 Å². The van der Waals surface area contributed by atoms with Crippen LogP contribution in [-0.2, 0) is 4.79 Å². The molecule has 0 heterocycles. The lowest BCUT2D eigenvalue weighted by molar-refractivity contribution is -0.137. The second-order valence-electron chi connectivity index (χ2n) is 8.56. The fourth-order valence-electron chi connectivity index (χ4n) is 3.73. The Kier molecular flexibility index (Phi) is 20.6. The summed E-state index contributed by atoms with van der Waals surface area (Å²) in [7, 11) is 0. The molecule has 28 heavy (non-hydrogen) atoms. The first-order valence-electron chi connectivity index (χ1n) is 12.1. The lowest BCUT2D eigenvalue weighted by atomic mass is 10.00. The van der Waals surface area contributed by atoms with Crippen LogP contribution in [0.25, 0.3) is 0 Å². The van der Waals surface area contributed by atoms with Crippen molar-refractivity contribution in [2.24, 2.45) is 0 Å². The van der Waals surface area contributed by atoms with Crippen molar-refractivity contribution < 1.29 is 20.1 Å². The Hall–Kier alpha value is -0.610. The Morgan fingerprint density at radius 2 is 0.929 bits per heavy atom. The first kappa shape index (κ1) is 27.4. The standard InChI is InChI=1S/C24H48O4/c1-2-3-4-11-14-17-22(25)20-21-23(26)18-15-12-9-7-5-6-8-10-13-16-19-24(27)28/h22-23,25-26H,2-21H2,1H3,(H,27,28). The number of hydrogen-bond acceptors (Lipinski definition) is 3. The predicted octanol–water partition coefficient (Wildman–Crippen LogP) is 6.61. The lowest BCUT2D eigenvalue weighted by Crippen LogP contribution is -2.13. The Bertz CT molecular complexity index is 333. The number of hydrogen-bond donors (Lipinski definition) is 3. The molecule has 0 aromatic rings. The third-order valence-corrected chi connectivity index (χ3v) is 5.65. The maximum absolute atomic E-state index is 10.4. The smallest absolute Gasteiger partial charge is 0.303 e. The van der Waals surface area contributed by atoms with E-state index in [1.54, 1.807) is 0 Å². The number of carboxylic acid groups (broad SMARTS) is 1. The van der Waals surface area contributed by atoms with Crippen LogP contribution in [0.3, 0.4) is 0 Å². The minimum Gasteiger partial charge on any atom is -0.481 e. The highest BCUT2D eigenvalue weighted by Gasteiger charge is 2.09. The highest BCUT2D eigenvalue weighted by molar-refractivity contribution is 5.66. The Morgan fingerprint density at radius 3 is 1.32 bits per heavy atom. The zero-order chi connectivity index (χ0) is 20.9. The molecule has 4 nitrogen and oxygen atoms in total. The molecule has 168 valence electrons. The van der Waals surface area contributed by atoms with Gasteiger partial charge in [-0.25, -0.2) is 0 Å². The average molecular weight is 401 g/mol. The summed E-state index contributed by atoms with van der Waals surface area (Å²) >= 11 is 0. The fourth-order valence-corrected chi connectivity index (χ4v) is 3.73. The minimum absolute atomic E-state index is 0.236. The number of unbranched alkanes of at least 4 members (excludes halogenated alkanes) is 13. The number of carbonyl (C=O) groups is 1. The Labute approximate surface area is 174 Å². The summed E-state index contributed by atoms with van der Waals surface area (Å²) in [6.45, 7) is 2.21. The molecule has 0 aliphatic carbocycles. The second kappa shape index (κ2) is 21.1. The quantitative estimate of drug-likeness (QED) is 0.179.